The molecule has 2 N–H and O–H groups in total. The van der Waals surface area contributed by atoms with E-state index in [1.807, 2.05) is 26.0 Å². The molecule has 0 aliphatic rings. The smallest absolute Gasteiger partial charge is 0.128 e. The SMILES string of the molecule is CCN(CC(C)C#N)c1ccc(N)cn1. The van der Waals surface area contributed by atoms with Crippen molar-refractivity contribution in [3.63, 3.8) is 0 Å². The highest BCUT2D eigenvalue weighted by Gasteiger charge is 2.09. The van der Waals surface area contributed by atoms with Gasteiger partial charge in [0.15, 0.2) is 0 Å². The van der Waals surface area contributed by atoms with Crippen molar-refractivity contribution < 1.29 is 0 Å². The highest BCUT2D eigenvalue weighted by Crippen LogP contribution is 2.13. The number of anilines is 2. The zero-order chi connectivity index (χ0) is 11.3. The van der Waals surface area contributed by atoms with Gasteiger partial charge < -0.3 is 10.6 Å². The van der Waals surface area contributed by atoms with Crippen molar-refractivity contribution in [2.75, 3.05) is 23.7 Å². The summed E-state index contributed by atoms with van der Waals surface area (Å²) in [4.78, 5) is 6.29. The van der Waals surface area contributed by atoms with Crippen molar-refractivity contribution >= 4 is 11.5 Å². The highest BCUT2D eigenvalue weighted by atomic mass is 15.2. The number of rotatable bonds is 4. The monoisotopic (exact) mass is 204 g/mol. The van der Waals surface area contributed by atoms with Crippen LogP contribution in [0, 0.1) is 17.2 Å². The molecule has 0 spiro atoms. The quantitative estimate of drug-likeness (QED) is 0.809. The van der Waals surface area contributed by atoms with Crippen LogP contribution in [-0.4, -0.2) is 18.1 Å². The van der Waals surface area contributed by atoms with Crippen LogP contribution in [0.1, 0.15) is 13.8 Å². The lowest BCUT2D eigenvalue weighted by atomic mass is 10.2. The Kier molecular flexibility index (Phi) is 3.92. The largest absolute Gasteiger partial charge is 0.397 e. The molecule has 0 radical (unpaired) electrons. The molecule has 80 valence electrons. The molecular weight excluding hydrogens is 188 g/mol. The maximum absolute atomic E-state index is 8.75. The average molecular weight is 204 g/mol. The van der Waals surface area contributed by atoms with E-state index in [-0.39, 0.29) is 5.92 Å². The first kappa shape index (κ1) is 11.3. The predicted molar refractivity (Wildman–Crippen MR) is 61.3 cm³/mol. The summed E-state index contributed by atoms with van der Waals surface area (Å²) in [6, 6.07) is 5.92. The number of hydrogen-bond acceptors (Lipinski definition) is 4. The molecule has 1 unspecified atom stereocenters. The van der Waals surface area contributed by atoms with Gasteiger partial charge in [-0.15, -0.1) is 0 Å². The fraction of sp³-hybridized carbons (Fsp3) is 0.455. The molecule has 1 aromatic heterocycles. The Balaban J connectivity index is 2.75. The Labute approximate surface area is 90.3 Å². The molecule has 0 amide bonds. The molecule has 4 heteroatoms. The van der Waals surface area contributed by atoms with Gasteiger partial charge in [-0.1, -0.05) is 0 Å². The van der Waals surface area contributed by atoms with Gasteiger partial charge in [0.2, 0.25) is 0 Å². The molecule has 1 atom stereocenters. The van der Waals surface area contributed by atoms with Crippen LogP contribution in [0.25, 0.3) is 0 Å². The van der Waals surface area contributed by atoms with E-state index in [0.717, 1.165) is 12.4 Å². The Bertz CT molecular complexity index is 339. The third kappa shape index (κ3) is 3.13. The number of nitrogens with two attached hydrogens (primary N) is 1. The molecule has 15 heavy (non-hydrogen) atoms. The van der Waals surface area contributed by atoms with Crippen molar-refractivity contribution in [1.82, 2.24) is 4.98 Å². The van der Waals surface area contributed by atoms with Crippen molar-refractivity contribution in [1.29, 1.82) is 5.26 Å². The number of nitrogens with zero attached hydrogens (tertiary/aromatic N) is 3. The van der Waals surface area contributed by atoms with Crippen molar-refractivity contribution in [2.45, 2.75) is 13.8 Å². The summed E-state index contributed by atoms with van der Waals surface area (Å²) in [5.74, 6) is 0.873. The summed E-state index contributed by atoms with van der Waals surface area (Å²) in [7, 11) is 0. The van der Waals surface area contributed by atoms with Crippen LogP contribution in [0.15, 0.2) is 18.3 Å². The first-order valence-electron chi connectivity index (χ1n) is 5.03. The lowest BCUT2D eigenvalue weighted by molar-refractivity contribution is 0.679. The van der Waals surface area contributed by atoms with Crippen LogP contribution in [0.4, 0.5) is 11.5 Å². The van der Waals surface area contributed by atoms with Gasteiger partial charge in [0.25, 0.3) is 0 Å². The zero-order valence-electron chi connectivity index (χ0n) is 9.14. The standard InChI is InChI=1S/C11H16N4/c1-3-15(8-9(2)6-12)11-5-4-10(13)7-14-11/h4-5,7,9H,3,8,13H2,1-2H3. The van der Waals surface area contributed by atoms with Crippen LogP contribution in [0.3, 0.4) is 0 Å². The van der Waals surface area contributed by atoms with E-state index in [2.05, 4.69) is 16.0 Å². The maximum atomic E-state index is 8.75. The molecule has 0 bridgehead atoms. The zero-order valence-corrected chi connectivity index (χ0v) is 9.14. The molecule has 1 aromatic rings. The summed E-state index contributed by atoms with van der Waals surface area (Å²) < 4.78 is 0. The Morgan fingerprint density at radius 3 is 2.80 bits per heavy atom. The van der Waals surface area contributed by atoms with E-state index >= 15 is 0 Å². The van der Waals surface area contributed by atoms with Gasteiger partial charge in [-0.2, -0.15) is 5.26 Å². The molecule has 1 rings (SSSR count). The molecular formula is C11H16N4. The molecule has 0 fully saturated rings. The average Bonchev–Trinajstić information content (AvgIpc) is 2.27. The number of pyridine rings is 1. The highest BCUT2D eigenvalue weighted by molar-refractivity contribution is 5.45. The lowest BCUT2D eigenvalue weighted by Gasteiger charge is -2.22. The topological polar surface area (TPSA) is 65.9 Å². The second-order valence-corrected chi connectivity index (χ2v) is 3.52. The minimum atomic E-state index is 0.00398. The van der Waals surface area contributed by atoms with Crippen LogP contribution >= 0.6 is 0 Å². The lowest BCUT2D eigenvalue weighted by Crippen LogP contribution is -2.28. The second kappa shape index (κ2) is 5.20. The van der Waals surface area contributed by atoms with Gasteiger partial charge in [0.05, 0.1) is 23.9 Å². The maximum Gasteiger partial charge on any atom is 0.128 e. The first-order valence-corrected chi connectivity index (χ1v) is 5.03. The number of aromatic nitrogens is 1. The Morgan fingerprint density at radius 1 is 1.60 bits per heavy atom. The molecule has 0 aliphatic carbocycles. The molecule has 1 heterocycles. The van der Waals surface area contributed by atoms with Crippen molar-refractivity contribution in [3.8, 4) is 6.07 Å². The second-order valence-electron chi connectivity index (χ2n) is 3.52. The summed E-state index contributed by atoms with van der Waals surface area (Å²) >= 11 is 0. The summed E-state index contributed by atoms with van der Waals surface area (Å²) in [6.07, 6.45) is 1.63. The molecule has 4 nitrogen and oxygen atoms in total. The van der Waals surface area contributed by atoms with Gasteiger partial charge in [-0.3, -0.25) is 0 Å². The van der Waals surface area contributed by atoms with E-state index < -0.39 is 0 Å². The fourth-order valence-corrected chi connectivity index (χ4v) is 1.34. The molecule has 0 saturated carbocycles. The van der Waals surface area contributed by atoms with Gasteiger partial charge in [0, 0.05) is 13.1 Å². The van der Waals surface area contributed by atoms with Gasteiger partial charge in [-0.05, 0) is 26.0 Å². The minimum absolute atomic E-state index is 0.00398. The van der Waals surface area contributed by atoms with Crippen LogP contribution < -0.4 is 10.6 Å². The third-order valence-electron chi connectivity index (χ3n) is 2.19. The van der Waals surface area contributed by atoms with E-state index in [0.29, 0.717) is 12.2 Å². The van der Waals surface area contributed by atoms with E-state index in [1.165, 1.54) is 0 Å². The van der Waals surface area contributed by atoms with Crippen LogP contribution in [0.2, 0.25) is 0 Å². The first-order chi connectivity index (χ1) is 7.17. The summed E-state index contributed by atoms with van der Waals surface area (Å²) in [5.41, 5.74) is 6.22. The molecule has 0 aliphatic heterocycles. The fourth-order valence-electron chi connectivity index (χ4n) is 1.34. The van der Waals surface area contributed by atoms with Crippen molar-refractivity contribution in [3.05, 3.63) is 18.3 Å². The Hall–Kier alpha value is -1.76. The van der Waals surface area contributed by atoms with E-state index in [1.54, 1.807) is 6.20 Å². The van der Waals surface area contributed by atoms with E-state index in [9.17, 15) is 0 Å². The molecule has 0 aromatic carbocycles. The third-order valence-corrected chi connectivity index (χ3v) is 2.19. The van der Waals surface area contributed by atoms with E-state index in [4.69, 9.17) is 11.0 Å². The summed E-state index contributed by atoms with van der Waals surface area (Å²) in [6.45, 7) is 5.48. The van der Waals surface area contributed by atoms with Crippen molar-refractivity contribution in [2.24, 2.45) is 5.92 Å². The van der Waals surface area contributed by atoms with Gasteiger partial charge in [-0.25, -0.2) is 4.98 Å². The predicted octanol–water partition coefficient (Wildman–Crippen LogP) is 1.65. The number of hydrogen-bond donors (Lipinski definition) is 1. The number of nitrogen functional groups attached to an aromatic ring is 1. The minimum Gasteiger partial charge on any atom is -0.397 e. The number of nitriles is 1. The van der Waals surface area contributed by atoms with Crippen LogP contribution in [-0.2, 0) is 0 Å². The van der Waals surface area contributed by atoms with Gasteiger partial charge in [0.1, 0.15) is 5.82 Å². The van der Waals surface area contributed by atoms with Gasteiger partial charge >= 0.3 is 0 Å². The Morgan fingerprint density at radius 2 is 2.33 bits per heavy atom. The normalized spacial score (nSPS) is 11.8. The summed E-state index contributed by atoms with van der Waals surface area (Å²) in [5, 5.41) is 8.75. The molecule has 0 saturated heterocycles. The van der Waals surface area contributed by atoms with Crippen LogP contribution in [0.5, 0.6) is 0 Å².